The molecule has 5 nitrogen and oxygen atoms in total. The Hall–Kier alpha value is -1.08. The molecule has 2 aliphatic heterocycles. The van der Waals surface area contributed by atoms with Crippen molar-refractivity contribution in [1.82, 2.24) is 14.5 Å². The highest BCUT2D eigenvalue weighted by atomic mass is 35.5. The number of thioether (sulfide) groups is 1. The van der Waals surface area contributed by atoms with Gasteiger partial charge in [-0.2, -0.15) is 0 Å². The summed E-state index contributed by atoms with van der Waals surface area (Å²) in [5.41, 5.74) is 0.814. The van der Waals surface area contributed by atoms with E-state index in [9.17, 15) is 0 Å². The van der Waals surface area contributed by atoms with Gasteiger partial charge < -0.3 is 14.0 Å². The lowest BCUT2D eigenvalue weighted by molar-refractivity contribution is -0.148. The van der Waals surface area contributed by atoms with Gasteiger partial charge in [-0.05, 0) is 19.9 Å². The van der Waals surface area contributed by atoms with Crippen LogP contribution in [0.25, 0.3) is 11.0 Å². The van der Waals surface area contributed by atoms with Crippen molar-refractivity contribution in [2.24, 2.45) is 0 Å². The summed E-state index contributed by atoms with van der Waals surface area (Å²) in [5, 5.41) is 1.57. The van der Waals surface area contributed by atoms with Crippen molar-refractivity contribution in [2.45, 2.75) is 42.5 Å². The highest BCUT2D eigenvalue weighted by Gasteiger charge is 2.54. The van der Waals surface area contributed by atoms with Gasteiger partial charge in [-0.25, -0.2) is 9.97 Å². The van der Waals surface area contributed by atoms with Crippen LogP contribution in [0.3, 0.4) is 0 Å². The van der Waals surface area contributed by atoms with Crippen LogP contribution in [0.5, 0.6) is 0 Å². The van der Waals surface area contributed by atoms with E-state index >= 15 is 0 Å². The third kappa shape index (κ3) is 2.09. The number of ether oxygens (including phenoxy) is 2. The fourth-order valence-electron chi connectivity index (χ4n) is 3.17. The number of hydrogen-bond acceptors (Lipinski definition) is 5. The summed E-state index contributed by atoms with van der Waals surface area (Å²) in [7, 11) is 0. The molecule has 2 aromatic rings. The minimum absolute atomic E-state index is 0.00254. The second-order valence-corrected chi connectivity index (χ2v) is 7.57. The first kappa shape index (κ1) is 14.5. The smallest absolute Gasteiger partial charge is 0.163 e. The van der Waals surface area contributed by atoms with Gasteiger partial charge in [0, 0.05) is 6.20 Å². The van der Waals surface area contributed by atoms with Gasteiger partial charge in [-0.15, -0.1) is 18.3 Å². The first-order valence-electron chi connectivity index (χ1n) is 7.11. The number of fused-ring (bicyclic) bond motifs is 2. The van der Waals surface area contributed by atoms with E-state index in [1.807, 2.05) is 32.2 Å². The van der Waals surface area contributed by atoms with Crippen molar-refractivity contribution in [1.29, 1.82) is 0 Å². The Morgan fingerprint density at radius 3 is 2.91 bits per heavy atom. The normalized spacial score (nSPS) is 33.2. The van der Waals surface area contributed by atoms with Gasteiger partial charge in [0.25, 0.3) is 0 Å². The van der Waals surface area contributed by atoms with Crippen LogP contribution in [0.2, 0.25) is 5.15 Å². The molecule has 4 rings (SSSR count). The maximum absolute atomic E-state index is 6.15. The summed E-state index contributed by atoms with van der Waals surface area (Å²) < 4.78 is 14.3. The third-order valence-electron chi connectivity index (χ3n) is 4.03. The van der Waals surface area contributed by atoms with E-state index in [1.54, 1.807) is 11.8 Å². The summed E-state index contributed by atoms with van der Waals surface area (Å²) in [4.78, 5) is 8.41. The molecule has 0 amide bonds. The maximum Gasteiger partial charge on any atom is 0.163 e. The molecule has 4 heterocycles. The largest absolute Gasteiger partial charge is 0.343 e. The van der Waals surface area contributed by atoms with Crippen molar-refractivity contribution in [3.63, 3.8) is 0 Å². The van der Waals surface area contributed by atoms with Gasteiger partial charge in [-0.1, -0.05) is 17.7 Å². The molecular weight excluding hydrogens is 322 g/mol. The van der Waals surface area contributed by atoms with E-state index < -0.39 is 5.79 Å². The van der Waals surface area contributed by atoms with Gasteiger partial charge in [0.1, 0.15) is 34.7 Å². The molecule has 0 radical (unpaired) electrons. The fraction of sp³-hybridized carbons (Fsp3) is 0.467. The Kier molecular flexibility index (Phi) is 3.27. The highest BCUT2D eigenvalue weighted by molar-refractivity contribution is 8.00. The zero-order valence-electron chi connectivity index (χ0n) is 12.3. The minimum atomic E-state index is -0.578. The summed E-state index contributed by atoms with van der Waals surface area (Å²) in [5.74, 6) is -0.578. The van der Waals surface area contributed by atoms with Crippen molar-refractivity contribution in [2.75, 3.05) is 0 Å². The standard InChI is InChI=1S/C15H16ClN3O2S/c1-4-9-10-11(21-15(2,3)20-10)14(22-9)19-6-5-8-12(16)17-7-18-13(8)19/h4-7,9-11,14H,1H2,2-3H3/t9?,10-,11-,14-/m1/s1. The van der Waals surface area contributed by atoms with Crippen molar-refractivity contribution in [3.8, 4) is 0 Å². The predicted molar refractivity (Wildman–Crippen MR) is 87.0 cm³/mol. The summed E-state index contributed by atoms with van der Waals surface area (Å²) in [6.07, 6.45) is 5.35. The molecule has 4 atom stereocenters. The Balaban J connectivity index is 1.78. The zero-order chi connectivity index (χ0) is 15.5. The van der Waals surface area contributed by atoms with E-state index in [4.69, 9.17) is 21.1 Å². The van der Waals surface area contributed by atoms with Crippen LogP contribution in [0, 0.1) is 0 Å². The lowest BCUT2D eigenvalue weighted by Crippen LogP contribution is -2.27. The Bertz CT molecular complexity index is 747. The van der Waals surface area contributed by atoms with Crippen molar-refractivity contribution >= 4 is 34.4 Å². The topological polar surface area (TPSA) is 49.2 Å². The van der Waals surface area contributed by atoms with Crippen LogP contribution in [0.1, 0.15) is 19.2 Å². The fourth-order valence-corrected chi connectivity index (χ4v) is 4.82. The number of hydrogen-bond donors (Lipinski definition) is 0. The minimum Gasteiger partial charge on any atom is -0.343 e. The number of aromatic nitrogens is 3. The summed E-state index contributed by atoms with van der Waals surface area (Å²) >= 11 is 7.92. The van der Waals surface area contributed by atoms with Crippen LogP contribution in [-0.4, -0.2) is 37.8 Å². The van der Waals surface area contributed by atoms with Crippen LogP contribution in [0.15, 0.2) is 31.2 Å². The van der Waals surface area contributed by atoms with E-state index in [-0.39, 0.29) is 22.8 Å². The van der Waals surface area contributed by atoms with Crippen molar-refractivity contribution < 1.29 is 9.47 Å². The second kappa shape index (κ2) is 4.96. The van der Waals surface area contributed by atoms with E-state index in [2.05, 4.69) is 21.1 Å². The van der Waals surface area contributed by atoms with E-state index in [0.29, 0.717) is 5.15 Å². The van der Waals surface area contributed by atoms with Gasteiger partial charge in [-0.3, -0.25) is 0 Å². The second-order valence-electron chi connectivity index (χ2n) is 5.92. The molecule has 116 valence electrons. The molecule has 22 heavy (non-hydrogen) atoms. The lowest BCUT2D eigenvalue weighted by Gasteiger charge is -2.23. The average Bonchev–Trinajstić information content (AvgIpc) is 3.10. The van der Waals surface area contributed by atoms with E-state index in [0.717, 1.165) is 11.0 Å². The number of rotatable bonds is 2. The summed E-state index contributed by atoms with van der Waals surface area (Å²) in [6.45, 7) is 7.82. The molecule has 2 saturated heterocycles. The SMILES string of the molecule is C=CC1S[C@@H](n2ccc3c(Cl)ncnc32)[C@@H]2OC(C)(C)O[C@H]12. The van der Waals surface area contributed by atoms with Gasteiger partial charge in [0.2, 0.25) is 0 Å². The Labute approximate surface area is 137 Å². The van der Waals surface area contributed by atoms with Gasteiger partial charge in [0.05, 0.1) is 10.6 Å². The zero-order valence-corrected chi connectivity index (χ0v) is 13.8. The summed E-state index contributed by atoms with van der Waals surface area (Å²) in [6, 6.07) is 1.94. The predicted octanol–water partition coefficient (Wildman–Crippen LogP) is 3.40. The quantitative estimate of drug-likeness (QED) is 0.621. The molecule has 0 saturated carbocycles. The van der Waals surface area contributed by atoms with Crippen LogP contribution in [-0.2, 0) is 9.47 Å². The number of nitrogens with zero attached hydrogens (tertiary/aromatic N) is 3. The molecule has 7 heteroatoms. The average molecular weight is 338 g/mol. The first-order valence-corrected chi connectivity index (χ1v) is 8.43. The van der Waals surface area contributed by atoms with Gasteiger partial charge >= 0.3 is 0 Å². The lowest BCUT2D eigenvalue weighted by atomic mass is 10.1. The third-order valence-corrected chi connectivity index (χ3v) is 5.88. The highest BCUT2D eigenvalue weighted by Crippen LogP contribution is 2.51. The Morgan fingerprint density at radius 1 is 1.36 bits per heavy atom. The molecule has 0 spiro atoms. The molecule has 0 aliphatic carbocycles. The van der Waals surface area contributed by atoms with Crippen LogP contribution >= 0.6 is 23.4 Å². The molecule has 0 N–H and O–H groups in total. The molecule has 0 bridgehead atoms. The monoisotopic (exact) mass is 337 g/mol. The van der Waals surface area contributed by atoms with Crippen LogP contribution < -0.4 is 0 Å². The van der Waals surface area contributed by atoms with Crippen LogP contribution in [0.4, 0.5) is 0 Å². The van der Waals surface area contributed by atoms with Crippen molar-refractivity contribution in [3.05, 3.63) is 36.4 Å². The maximum atomic E-state index is 6.15. The molecule has 2 aliphatic rings. The molecule has 0 aromatic carbocycles. The molecule has 2 aromatic heterocycles. The molecular formula is C15H16ClN3O2S. The Morgan fingerprint density at radius 2 is 2.14 bits per heavy atom. The molecule has 2 fully saturated rings. The van der Waals surface area contributed by atoms with Gasteiger partial charge in [0.15, 0.2) is 5.79 Å². The molecule has 1 unspecified atom stereocenters. The first-order chi connectivity index (χ1) is 10.5. The van der Waals surface area contributed by atoms with E-state index in [1.165, 1.54) is 6.33 Å². The number of halogens is 1.